The van der Waals surface area contributed by atoms with E-state index >= 15 is 0 Å². The molecular weight excluding hydrogens is 196 g/mol. The Morgan fingerprint density at radius 3 is 2.86 bits per heavy atom. The van der Waals surface area contributed by atoms with Gasteiger partial charge < -0.3 is 11.1 Å². The van der Waals surface area contributed by atoms with Gasteiger partial charge in [-0.15, -0.1) is 11.3 Å². The summed E-state index contributed by atoms with van der Waals surface area (Å²) >= 11 is 1.78. The fourth-order valence-electron chi connectivity index (χ4n) is 1.20. The quantitative estimate of drug-likeness (QED) is 0.778. The molecule has 3 nitrogen and oxygen atoms in total. The van der Waals surface area contributed by atoms with E-state index in [9.17, 15) is 4.79 Å². The lowest BCUT2D eigenvalue weighted by Crippen LogP contribution is -2.24. The van der Waals surface area contributed by atoms with Gasteiger partial charge in [-0.3, -0.25) is 4.79 Å². The van der Waals surface area contributed by atoms with Gasteiger partial charge in [0.15, 0.2) is 0 Å². The van der Waals surface area contributed by atoms with Gasteiger partial charge in [-0.1, -0.05) is 0 Å². The molecule has 3 N–H and O–H groups in total. The molecule has 14 heavy (non-hydrogen) atoms. The van der Waals surface area contributed by atoms with Crippen molar-refractivity contribution in [2.75, 3.05) is 6.54 Å². The second-order valence-corrected chi connectivity index (χ2v) is 4.66. The van der Waals surface area contributed by atoms with E-state index in [1.54, 1.807) is 11.3 Å². The molecule has 1 heterocycles. The van der Waals surface area contributed by atoms with Crippen molar-refractivity contribution in [3.8, 4) is 0 Å². The topological polar surface area (TPSA) is 55.1 Å². The summed E-state index contributed by atoms with van der Waals surface area (Å²) in [5.74, 6) is -0.257. The lowest BCUT2D eigenvalue weighted by atomic mass is 10.2. The minimum atomic E-state index is -0.257. The predicted octanol–water partition coefficient (Wildman–Crippen LogP) is 1.58. The van der Waals surface area contributed by atoms with Crippen molar-refractivity contribution in [2.45, 2.75) is 26.3 Å². The van der Waals surface area contributed by atoms with Crippen LogP contribution in [0.3, 0.4) is 0 Å². The summed E-state index contributed by atoms with van der Waals surface area (Å²) in [7, 11) is 0. The molecule has 1 atom stereocenters. The molecule has 0 bridgehead atoms. The zero-order chi connectivity index (χ0) is 10.6. The first-order valence-corrected chi connectivity index (χ1v) is 5.49. The van der Waals surface area contributed by atoms with Crippen LogP contribution in [0.15, 0.2) is 12.1 Å². The maximum Gasteiger partial charge on any atom is 0.218 e. The van der Waals surface area contributed by atoms with E-state index in [1.165, 1.54) is 9.75 Å². The average molecular weight is 212 g/mol. The molecule has 1 aromatic heterocycles. The Hall–Kier alpha value is -0.870. The van der Waals surface area contributed by atoms with Gasteiger partial charge in [-0.25, -0.2) is 0 Å². The third-order valence-corrected chi connectivity index (χ3v) is 3.19. The van der Waals surface area contributed by atoms with Gasteiger partial charge in [0, 0.05) is 28.8 Å². The number of nitrogens with two attached hydrogens (primary N) is 1. The van der Waals surface area contributed by atoms with Crippen LogP contribution in [0.2, 0.25) is 0 Å². The van der Waals surface area contributed by atoms with Crippen LogP contribution in [-0.2, 0) is 4.79 Å². The van der Waals surface area contributed by atoms with Crippen molar-refractivity contribution >= 4 is 17.2 Å². The molecule has 0 aliphatic heterocycles. The Morgan fingerprint density at radius 2 is 2.36 bits per heavy atom. The molecular formula is C10H16N2OS. The maximum absolute atomic E-state index is 10.5. The predicted molar refractivity (Wildman–Crippen MR) is 59.3 cm³/mol. The van der Waals surface area contributed by atoms with Gasteiger partial charge in [0.2, 0.25) is 5.91 Å². The van der Waals surface area contributed by atoms with Crippen molar-refractivity contribution in [3.05, 3.63) is 21.9 Å². The number of carbonyl (C=O) groups excluding carboxylic acids is 1. The molecule has 4 heteroatoms. The smallest absolute Gasteiger partial charge is 0.218 e. The number of hydrogen-bond acceptors (Lipinski definition) is 3. The Labute approximate surface area is 88.3 Å². The lowest BCUT2D eigenvalue weighted by molar-refractivity contribution is -0.117. The first-order valence-electron chi connectivity index (χ1n) is 4.67. The van der Waals surface area contributed by atoms with Gasteiger partial charge in [-0.2, -0.15) is 0 Å². The molecule has 0 saturated heterocycles. The van der Waals surface area contributed by atoms with Crippen molar-refractivity contribution < 1.29 is 4.79 Å². The van der Waals surface area contributed by atoms with E-state index < -0.39 is 0 Å². The Morgan fingerprint density at radius 1 is 1.64 bits per heavy atom. The zero-order valence-electron chi connectivity index (χ0n) is 8.54. The summed E-state index contributed by atoms with van der Waals surface area (Å²) in [5.41, 5.74) is 5.05. The molecule has 0 saturated carbocycles. The van der Waals surface area contributed by atoms with Gasteiger partial charge in [-0.05, 0) is 26.0 Å². The fraction of sp³-hybridized carbons (Fsp3) is 0.500. The van der Waals surface area contributed by atoms with Crippen LogP contribution in [0.1, 0.15) is 29.1 Å². The molecule has 1 amide bonds. The normalized spacial score (nSPS) is 12.7. The summed E-state index contributed by atoms with van der Waals surface area (Å²) in [6, 6.07) is 4.52. The number of primary amides is 1. The van der Waals surface area contributed by atoms with Gasteiger partial charge >= 0.3 is 0 Å². The second-order valence-electron chi connectivity index (χ2n) is 3.34. The Kier molecular flexibility index (Phi) is 4.10. The number of aryl methyl sites for hydroxylation is 1. The van der Waals surface area contributed by atoms with E-state index in [1.807, 2.05) is 0 Å². The van der Waals surface area contributed by atoms with Crippen molar-refractivity contribution in [3.63, 3.8) is 0 Å². The van der Waals surface area contributed by atoms with E-state index in [-0.39, 0.29) is 5.91 Å². The highest BCUT2D eigenvalue weighted by atomic mass is 32.1. The monoisotopic (exact) mass is 212 g/mol. The molecule has 1 unspecified atom stereocenters. The first kappa shape index (κ1) is 11.2. The summed E-state index contributed by atoms with van der Waals surface area (Å²) in [4.78, 5) is 13.1. The largest absolute Gasteiger partial charge is 0.370 e. The standard InChI is InChI=1S/C10H16N2OS/c1-7-3-4-9(14-7)8(2)12-6-5-10(11)13/h3-4,8,12H,5-6H2,1-2H3,(H2,11,13). The molecule has 0 aliphatic carbocycles. The first-order chi connectivity index (χ1) is 6.59. The Bertz CT molecular complexity index is 309. The molecule has 0 spiro atoms. The summed E-state index contributed by atoms with van der Waals surface area (Å²) in [5, 5.41) is 3.25. The summed E-state index contributed by atoms with van der Waals surface area (Å²) < 4.78 is 0. The molecule has 0 aromatic carbocycles. The SMILES string of the molecule is Cc1ccc(C(C)NCCC(N)=O)s1. The van der Waals surface area contributed by atoms with Crippen LogP contribution >= 0.6 is 11.3 Å². The van der Waals surface area contributed by atoms with Crippen molar-refractivity contribution in [1.29, 1.82) is 0 Å². The summed E-state index contributed by atoms with van der Waals surface area (Å²) in [6.07, 6.45) is 0.398. The van der Waals surface area contributed by atoms with Gasteiger partial charge in [0.25, 0.3) is 0 Å². The fourth-order valence-corrected chi connectivity index (χ4v) is 2.10. The number of nitrogens with one attached hydrogen (secondary N) is 1. The molecule has 0 aliphatic rings. The molecule has 0 fully saturated rings. The highest BCUT2D eigenvalue weighted by Crippen LogP contribution is 2.21. The molecule has 1 aromatic rings. The number of rotatable bonds is 5. The lowest BCUT2D eigenvalue weighted by Gasteiger charge is -2.10. The highest BCUT2D eigenvalue weighted by Gasteiger charge is 2.06. The highest BCUT2D eigenvalue weighted by molar-refractivity contribution is 7.12. The Balaban J connectivity index is 2.35. The number of thiophene rings is 1. The number of amides is 1. The zero-order valence-corrected chi connectivity index (χ0v) is 9.36. The summed E-state index contributed by atoms with van der Waals surface area (Å²) in [6.45, 7) is 4.82. The van der Waals surface area contributed by atoms with E-state index in [2.05, 4.69) is 31.3 Å². The second kappa shape index (κ2) is 5.12. The van der Waals surface area contributed by atoms with Crippen LogP contribution in [-0.4, -0.2) is 12.5 Å². The molecule has 78 valence electrons. The van der Waals surface area contributed by atoms with E-state index in [0.717, 1.165) is 0 Å². The van der Waals surface area contributed by atoms with Gasteiger partial charge in [0.1, 0.15) is 0 Å². The van der Waals surface area contributed by atoms with E-state index in [4.69, 9.17) is 5.73 Å². The third kappa shape index (κ3) is 3.47. The van der Waals surface area contributed by atoms with Crippen LogP contribution < -0.4 is 11.1 Å². The molecule has 0 radical (unpaired) electrons. The number of hydrogen-bond donors (Lipinski definition) is 2. The van der Waals surface area contributed by atoms with Crippen LogP contribution in [0.5, 0.6) is 0 Å². The minimum Gasteiger partial charge on any atom is -0.370 e. The molecule has 1 rings (SSSR count). The van der Waals surface area contributed by atoms with Crippen molar-refractivity contribution in [2.24, 2.45) is 5.73 Å². The minimum absolute atomic E-state index is 0.257. The van der Waals surface area contributed by atoms with Crippen LogP contribution in [0.4, 0.5) is 0 Å². The van der Waals surface area contributed by atoms with Gasteiger partial charge in [0.05, 0.1) is 0 Å². The van der Waals surface area contributed by atoms with Crippen LogP contribution in [0, 0.1) is 6.92 Å². The van der Waals surface area contributed by atoms with Crippen molar-refractivity contribution in [1.82, 2.24) is 5.32 Å². The average Bonchev–Trinajstić information content (AvgIpc) is 2.51. The van der Waals surface area contributed by atoms with Crippen LogP contribution in [0.25, 0.3) is 0 Å². The number of carbonyl (C=O) groups is 1. The maximum atomic E-state index is 10.5. The third-order valence-electron chi connectivity index (χ3n) is 2.01. The van der Waals surface area contributed by atoms with E-state index in [0.29, 0.717) is 19.0 Å².